The van der Waals surface area contributed by atoms with Crippen LogP contribution in [0.25, 0.3) is 22.2 Å². The molecule has 1 aliphatic heterocycles. The summed E-state index contributed by atoms with van der Waals surface area (Å²) in [4.78, 5) is 19.3. The summed E-state index contributed by atoms with van der Waals surface area (Å²) >= 11 is 0. The van der Waals surface area contributed by atoms with Crippen molar-refractivity contribution in [1.82, 2.24) is 19.7 Å². The Morgan fingerprint density at radius 1 is 1.16 bits per heavy atom. The van der Waals surface area contributed by atoms with Crippen LogP contribution >= 0.6 is 0 Å². The standard InChI is InChI=1S/C19H20N4O2/c1-22-18-15(12-20-22)14(13-7-3-4-8-17(13)25-2)11-16(21-18)19(24)23-9-5-6-10-23/h3-4,7-8,11-12H,5-6,9-10H2,1-2H3. The summed E-state index contributed by atoms with van der Waals surface area (Å²) < 4.78 is 7.22. The van der Waals surface area contributed by atoms with Crippen LogP contribution in [0, 0.1) is 0 Å². The summed E-state index contributed by atoms with van der Waals surface area (Å²) in [6.45, 7) is 1.60. The SMILES string of the molecule is COc1ccccc1-c1cc(C(=O)N2CCCC2)nc2c1cnn2C. The molecule has 1 fully saturated rings. The first-order chi connectivity index (χ1) is 12.2. The number of carbonyl (C=O) groups is 1. The van der Waals surface area contributed by atoms with Gasteiger partial charge in [0.1, 0.15) is 11.4 Å². The second-order valence-corrected chi connectivity index (χ2v) is 6.26. The van der Waals surface area contributed by atoms with Gasteiger partial charge >= 0.3 is 0 Å². The van der Waals surface area contributed by atoms with Crippen LogP contribution in [0.2, 0.25) is 0 Å². The van der Waals surface area contributed by atoms with Gasteiger partial charge in [-0.25, -0.2) is 4.98 Å². The average Bonchev–Trinajstić information content (AvgIpc) is 3.31. The van der Waals surface area contributed by atoms with Crippen molar-refractivity contribution in [3.8, 4) is 16.9 Å². The molecule has 0 N–H and O–H groups in total. The number of hydrogen-bond donors (Lipinski definition) is 0. The van der Waals surface area contributed by atoms with Crippen molar-refractivity contribution in [3.63, 3.8) is 0 Å². The fraction of sp³-hybridized carbons (Fsp3) is 0.316. The van der Waals surface area contributed by atoms with Crippen LogP contribution in [0.15, 0.2) is 36.5 Å². The number of ether oxygens (including phenoxy) is 1. The second-order valence-electron chi connectivity index (χ2n) is 6.26. The van der Waals surface area contributed by atoms with Crippen LogP contribution in [-0.4, -0.2) is 45.8 Å². The van der Waals surface area contributed by atoms with Crippen molar-refractivity contribution in [2.75, 3.05) is 20.2 Å². The zero-order valence-electron chi connectivity index (χ0n) is 14.4. The second kappa shape index (κ2) is 6.20. The van der Waals surface area contributed by atoms with E-state index in [1.54, 1.807) is 18.0 Å². The van der Waals surface area contributed by atoms with Gasteiger partial charge in [0.05, 0.1) is 13.3 Å². The van der Waals surface area contributed by atoms with Crippen molar-refractivity contribution in [2.45, 2.75) is 12.8 Å². The molecule has 0 unspecified atom stereocenters. The first-order valence-electron chi connectivity index (χ1n) is 8.44. The molecule has 0 radical (unpaired) electrons. The molecule has 0 aliphatic carbocycles. The van der Waals surface area contributed by atoms with Gasteiger partial charge in [0.25, 0.3) is 5.91 Å². The van der Waals surface area contributed by atoms with Crippen LogP contribution in [0.4, 0.5) is 0 Å². The minimum absolute atomic E-state index is 0.0169. The number of fused-ring (bicyclic) bond motifs is 1. The molecule has 128 valence electrons. The number of aromatic nitrogens is 3. The minimum atomic E-state index is -0.0169. The average molecular weight is 336 g/mol. The summed E-state index contributed by atoms with van der Waals surface area (Å²) in [7, 11) is 3.49. The Morgan fingerprint density at radius 2 is 1.92 bits per heavy atom. The molecule has 3 aromatic rings. The first kappa shape index (κ1) is 15.6. The van der Waals surface area contributed by atoms with Crippen LogP contribution < -0.4 is 4.74 Å². The predicted molar refractivity (Wildman–Crippen MR) is 95.6 cm³/mol. The maximum atomic E-state index is 12.9. The number of methoxy groups -OCH3 is 1. The quantitative estimate of drug-likeness (QED) is 0.738. The molecular formula is C19H20N4O2. The zero-order valence-corrected chi connectivity index (χ0v) is 14.4. The summed E-state index contributed by atoms with van der Waals surface area (Å²) in [5, 5.41) is 5.23. The highest BCUT2D eigenvalue weighted by atomic mass is 16.5. The monoisotopic (exact) mass is 336 g/mol. The normalized spacial score (nSPS) is 14.2. The molecule has 25 heavy (non-hydrogen) atoms. The van der Waals surface area contributed by atoms with Gasteiger partial charge in [0.2, 0.25) is 0 Å². The molecule has 1 amide bonds. The molecule has 0 saturated carbocycles. The van der Waals surface area contributed by atoms with E-state index < -0.39 is 0 Å². The Morgan fingerprint density at radius 3 is 2.68 bits per heavy atom. The van der Waals surface area contributed by atoms with Crippen LogP contribution in [-0.2, 0) is 7.05 Å². The van der Waals surface area contributed by atoms with Gasteiger partial charge in [-0.05, 0) is 25.0 Å². The molecule has 0 spiro atoms. The van der Waals surface area contributed by atoms with Crippen molar-refractivity contribution < 1.29 is 9.53 Å². The summed E-state index contributed by atoms with van der Waals surface area (Å²) in [6.07, 6.45) is 3.90. The number of amides is 1. The molecule has 4 rings (SSSR count). The number of para-hydroxylation sites is 1. The number of aryl methyl sites for hydroxylation is 1. The van der Waals surface area contributed by atoms with Gasteiger partial charge in [-0.2, -0.15) is 5.10 Å². The summed E-state index contributed by atoms with van der Waals surface area (Å²) in [6, 6.07) is 9.66. The Bertz CT molecular complexity index is 942. The van der Waals surface area contributed by atoms with E-state index >= 15 is 0 Å². The van der Waals surface area contributed by atoms with Gasteiger partial charge < -0.3 is 9.64 Å². The van der Waals surface area contributed by atoms with Crippen LogP contribution in [0.1, 0.15) is 23.3 Å². The van der Waals surface area contributed by atoms with Gasteiger partial charge in [-0.1, -0.05) is 18.2 Å². The third kappa shape index (κ3) is 2.63. The highest BCUT2D eigenvalue weighted by Gasteiger charge is 2.23. The van der Waals surface area contributed by atoms with E-state index in [2.05, 4.69) is 10.1 Å². The van der Waals surface area contributed by atoms with Crippen molar-refractivity contribution in [3.05, 3.63) is 42.2 Å². The van der Waals surface area contributed by atoms with E-state index in [4.69, 9.17) is 4.74 Å². The summed E-state index contributed by atoms with van der Waals surface area (Å²) in [5.41, 5.74) is 3.00. The van der Waals surface area contributed by atoms with E-state index in [0.29, 0.717) is 11.3 Å². The Hall–Kier alpha value is -2.89. The van der Waals surface area contributed by atoms with Gasteiger partial charge in [0.15, 0.2) is 5.65 Å². The molecule has 1 saturated heterocycles. The maximum absolute atomic E-state index is 12.9. The maximum Gasteiger partial charge on any atom is 0.272 e. The minimum Gasteiger partial charge on any atom is -0.496 e. The third-order valence-electron chi connectivity index (χ3n) is 4.71. The Kier molecular flexibility index (Phi) is 3.87. The fourth-order valence-corrected chi connectivity index (χ4v) is 3.40. The van der Waals surface area contributed by atoms with Gasteiger partial charge in [-0.3, -0.25) is 9.48 Å². The molecule has 1 aromatic carbocycles. The number of pyridine rings is 1. The largest absolute Gasteiger partial charge is 0.496 e. The zero-order chi connectivity index (χ0) is 17.4. The van der Waals surface area contributed by atoms with Crippen LogP contribution in [0.3, 0.4) is 0 Å². The number of likely N-dealkylation sites (tertiary alicyclic amines) is 1. The lowest BCUT2D eigenvalue weighted by atomic mass is 10.0. The van der Waals surface area contributed by atoms with E-state index in [1.165, 1.54) is 0 Å². The first-order valence-corrected chi connectivity index (χ1v) is 8.44. The smallest absolute Gasteiger partial charge is 0.272 e. The molecule has 6 nitrogen and oxygen atoms in total. The Labute approximate surface area is 146 Å². The molecule has 1 aliphatic rings. The Balaban J connectivity index is 1.92. The van der Waals surface area contributed by atoms with Crippen molar-refractivity contribution in [2.24, 2.45) is 7.05 Å². The van der Waals surface area contributed by atoms with E-state index in [0.717, 1.165) is 48.2 Å². The van der Waals surface area contributed by atoms with Crippen molar-refractivity contribution >= 4 is 16.9 Å². The topological polar surface area (TPSA) is 60.2 Å². The lowest BCUT2D eigenvalue weighted by Crippen LogP contribution is -2.28. The molecule has 6 heteroatoms. The number of nitrogens with zero attached hydrogens (tertiary/aromatic N) is 4. The van der Waals surface area contributed by atoms with E-state index in [-0.39, 0.29) is 5.91 Å². The number of rotatable bonds is 3. The van der Waals surface area contributed by atoms with Crippen molar-refractivity contribution in [1.29, 1.82) is 0 Å². The van der Waals surface area contributed by atoms with Gasteiger partial charge in [0, 0.05) is 36.7 Å². The van der Waals surface area contributed by atoms with Gasteiger partial charge in [-0.15, -0.1) is 0 Å². The lowest BCUT2D eigenvalue weighted by molar-refractivity contribution is 0.0787. The molecule has 0 atom stereocenters. The predicted octanol–water partition coefficient (Wildman–Crippen LogP) is 2.88. The van der Waals surface area contributed by atoms with E-state index in [9.17, 15) is 4.79 Å². The fourth-order valence-electron chi connectivity index (χ4n) is 3.40. The molecule has 0 bridgehead atoms. The summed E-state index contributed by atoms with van der Waals surface area (Å²) in [5.74, 6) is 0.746. The number of hydrogen-bond acceptors (Lipinski definition) is 4. The molecular weight excluding hydrogens is 316 g/mol. The van der Waals surface area contributed by atoms with Crippen LogP contribution in [0.5, 0.6) is 5.75 Å². The highest BCUT2D eigenvalue weighted by molar-refractivity contribution is 6.01. The molecule has 3 heterocycles. The third-order valence-corrected chi connectivity index (χ3v) is 4.71. The van der Waals surface area contributed by atoms with E-state index in [1.807, 2.05) is 42.3 Å². The molecule has 2 aromatic heterocycles. The number of carbonyl (C=O) groups excluding carboxylic acids is 1. The lowest BCUT2D eigenvalue weighted by Gasteiger charge is -2.16. The highest BCUT2D eigenvalue weighted by Crippen LogP contribution is 2.35. The number of benzene rings is 1.